The molecule has 2 heterocycles. The fourth-order valence-corrected chi connectivity index (χ4v) is 4.12. The normalized spacial score (nSPS) is 14.2. The first kappa shape index (κ1) is 26.1. The van der Waals surface area contributed by atoms with Crippen molar-refractivity contribution in [2.75, 3.05) is 0 Å². The maximum absolute atomic E-state index is 14.7. The summed E-state index contributed by atoms with van der Waals surface area (Å²) in [5.74, 6) is -1.99. The molecular weight excluding hydrogens is 480 g/mol. The van der Waals surface area contributed by atoms with E-state index in [0.717, 1.165) is 30.5 Å². The molecule has 0 bridgehead atoms. The molecule has 0 spiro atoms. The monoisotopic (exact) mass is 509 g/mol. The van der Waals surface area contributed by atoms with E-state index in [1.807, 2.05) is 31.2 Å². The Kier molecular flexibility index (Phi) is 8.02. The van der Waals surface area contributed by atoms with Crippen LogP contribution in [0.25, 0.3) is 11.8 Å². The number of aromatic nitrogens is 7. The lowest BCUT2D eigenvalue weighted by Crippen LogP contribution is -2.39. The minimum absolute atomic E-state index is 0.00734. The van der Waals surface area contributed by atoms with Gasteiger partial charge in [-0.3, -0.25) is 0 Å². The number of benzene rings is 2. The van der Waals surface area contributed by atoms with E-state index in [9.17, 15) is 18.7 Å². The van der Waals surface area contributed by atoms with Crippen LogP contribution in [0.5, 0.6) is 0 Å². The van der Waals surface area contributed by atoms with Crippen LogP contribution < -0.4 is 5.69 Å². The smallest absolute Gasteiger partial charge is 0.368 e. The second-order valence-electron chi connectivity index (χ2n) is 9.02. The molecular formula is C26H29F2N7O2. The highest BCUT2D eigenvalue weighted by Crippen LogP contribution is 2.35. The van der Waals surface area contributed by atoms with E-state index in [0.29, 0.717) is 18.7 Å². The second kappa shape index (κ2) is 11.4. The van der Waals surface area contributed by atoms with Gasteiger partial charge in [0.2, 0.25) is 0 Å². The van der Waals surface area contributed by atoms with Gasteiger partial charge in [-0.15, -0.1) is 0 Å². The van der Waals surface area contributed by atoms with Crippen LogP contribution >= 0.6 is 0 Å². The van der Waals surface area contributed by atoms with Crippen molar-refractivity contribution in [2.24, 2.45) is 5.92 Å². The van der Waals surface area contributed by atoms with Crippen molar-refractivity contribution < 1.29 is 13.9 Å². The Bertz CT molecular complexity index is 1400. The molecule has 0 aliphatic carbocycles. The predicted molar refractivity (Wildman–Crippen MR) is 134 cm³/mol. The van der Waals surface area contributed by atoms with Crippen molar-refractivity contribution in [3.8, 4) is 5.69 Å². The SMILES string of the molecule is CCCCn1nnn(-c2ccc(/C=C/C[C@H](C)[C@](O)(Cn3cncn3)c3ccc(F)cc3F)cc2)c1=O. The molecule has 0 saturated carbocycles. The molecule has 2 aromatic carbocycles. The Balaban J connectivity index is 1.49. The van der Waals surface area contributed by atoms with Gasteiger partial charge < -0.3 is 5.11 Å². The van der Waals surface area contributed by atoms with Crippen LogP contribution in [0.1, 0.15) is 44.2 Å². The number of halogens is 2. The molecule has 0 aliphatic heterocycles. The zero-order valence-corrected chi connectivity index (χ0v) is 20.7. The lowest BCUT2D eigenvalue weighted by Gasteiger charge is -2.34. The minimum atomic E-state index is -1.66. The minimum Gasteiger partial charge on any atom is -0.383 e. The van der Waals surface area contributed by atoms with E-state index in [1.54, 1.807) is 19.1 Å². The van der Waals surface area contributed by atoms with Gasteiger partial charge >= 0.3 is 5.69 Å². The summed E-state index contributed by atoms with van der Waals surface area (Å²) in [6, 6.07) is 10.4. The van der Waals surface area contributed by atoms with E-state index in [-0.39, 0.29) is 17.8 Å². The predicted octanol–water partition coefficient (Wildman–Crippen LogP) is 3.73. The van der Waals surface area contributed by atoms with Crippen molar-refractivity contribution in [2.45, 2.75) is 51.8 Å². The first-order valence-corrected chi connectivity index (χ1v) is 12.1. The lowest BCUT2D eigenvalue weighted by molar-refractivity contribution is -0.0379. The highest BCUT2D eigenvalue weighted by Gasteiger charge is 2.38. The molecule has 0 amide bonds. The van der Waals surface area contributed by atoms with Gasteiger partial charge in [0.1, 0.15) is 29.9 Å². The number of nitrogens with zero attached hydrogens (tertiary/aromatic N) is 7. The van der Waals surface area contributed by atoms with Crippen LogP contribution in [0.3, 0.4) is 0 Å². The highest BCUT2D eigenvalue weighted by molar-refractivity contribution is 5.51. The molecule has 9 nitrogen and oxygen atoms in total. The quantitative estimate of drug-likeness (QED) is 0.331. The summed E-state index contributed by atoms with van der Waals surface area (Å²) in [6.45, 7) is 4.31. The summed E-state index contributed by atoms with van der Waals surface area (Å²) in [5.41, 5.74) is -0.482. The maximum atomic E-state index is 14.7. The number of aryl methyl sites for hydroxylation is 1. The number of aliphatic hydroxyl groups is 1. The Morgan fingerprint density at radius 2 is 1.92 bits per heavy atom. The lowest BCUT2D eigenvalue weighted by atomic mass is 9.80. The van der Waals surface area contributed by atoms with Gasteiger partial charge in [0.05, 0.1) is 12.2 Å². The third-order valence-electron chi connectivity index (χ3n) is 6.38. The van der Waals surface area contributed by atoms with Gasteiger partial charge in [0, 0.05) is 18.2 Å². The van der Waals surface area contributed by atoms with Crippen molar-refractivity contribution in [1.29, 1.82) is 0 Å². The van der Waals surface area contributed by atoms with E-state index < -0.39 is 23.2 Å². The third kappa shape index (κ3) is 5.88. The largest absolute Gasteiger partial charge is 0.383 e. The summed E-state index contributed by atoms with van der Waals surface area (Å²) < 4.78 is 32.2. The Labute approximate surface area is 212 Å². The molecule has 2 atom stereocenters. The molecule has 0 fully saturated rings. The van der Waals surface area contributed by atoms with Gasteiger partial charge in [-0.25, -0.2) is 23.2 Å². The van der Waals surface area contributed by atoms with Crippen LogP contribution in [0, 0.1) is 17.6 Å². The Hall–Kier alpha value is -3.99. The summed E-state index contributed by atoms with van der Waals surface area (Å²) in [5, 5.41) is 23.5. The summed E-state index contributed by atoms with van der Waals surface area (Å²) in [7, 11) is 0. The Morgan fingerprint density at radius 3 is 2.59 bits per heavy atom. The first-order chi connectivity index (χ1) is 17.8. The van der Waals surface area contributed by atoms with Crippen molar-refractivity contribution in [1.82, 2.24) is 34.6 Å². The average molecular weight is 510 g/mol. The number of hydrogen-bond acceptors (Lipinski definition) is 6. The van der Waals surface area contributed by atoms with Crippen LogP contribution in [0.2, 0.25) is 0 Å². The van der Waals surface area contributed by atoms with Crippen molar-refractivity contribution >= 4 is 6.08 Å². The van der Waals surface area contributed by atoms with Crippen molar-refractivity contribution in [3.63, 3.8) is 0 Å². The molecule has 2 aromatic heterocycles. The zero-order chi connectivity index (χ0) is 26.4. The maximum Gasteiger partial charge on any atom is 0.368 e. The molecule has 4 aromatic rings. The average Bonchev–Trinajstić information content (AvgIpc) is 3.52. The van der Waals surface area contributed by atoms with Crippen LogP contribution in [0.15, 0.2) is 66.0 Å². The number of tetrazole rings is 1. The second-order valence-corrected chi connectivity index (χ2v) is 9.02. The zero-order valence-electron chi connectivity index (χ0n) is 20.7. The van der Waals surface area contributed by atoms with Crippen molar-refractivity contribution in [3.05, 3.63) is 94.4 Å². The van der Waals surface area contributed by atoms with E-state index in [2.05, 4.69) is 20.5 Å². The molecule has 0 radical (unpaired) electrons. The first-order valence-electron chi connectivity index (χ1n) is 12.1. The molecule has 1 N–H and O–H groups in total. The topological polar surface area (TPSA) is 104 Å². The number of unbranched alkanes of at least 4 members (excludes halogenated alkanes) is 1. The van der Waals surface area contributed by atoms with Crippen LogP contribution in [-0.4, -0.2) is 39.7 Å². The molecule has 37 heavy (non-hydrogen) atoms. The molecule has 194 valence electrons. The van der Waals surface area contributed by atoms with Gasteiger partial charge in [-0.05, 0) is 52.9 Å². The standard InChI is InChI=1S/C26H29F2N7O2/c1-3-4-14-34-25(36)35(32-31-34)22-11-8-20(9-12-22)7-5-6-19(2)26(37,16-33-18-29-17-30-33)23-13-10-21(27)15-24(23)28/h5,7-13,15,17-19,37H,3-4,6,14,16H2,1-2H3/b7-5+/t19-,26+/m0/s1. The molecule has 11 heteroatoms. The van der Waals surface area contributed by atoms with E-state index >= 15 is 0 Å². The summed E-state index contributed by atoms with van der Waals surface area (Å²) >= 11 is 0. The molecule has 4 rings (SSSR count). The molecule has 0 aliphatic rings. The molecule has 0 saturated heterocycles. The van der Waals surface area contributed by atoms with Gasteiger partial charge in [0.15, 0.2) is 0 Å². The van der Waals surface area contributed by atoms with E-state index in [4.69, 9.17) is 0 Å². The molecule has 0 unspecified atom stereocenters. The van der Waals surface area contributed by atoms with Gasteiger partial charge in [-0.2, -0.15) is 14.5 Å². The van der Waals surface area contributed by atoms with Gasteiger partial charge in [0.25, 0.3) is 0 Å². The number of allylic oxidation sites excluding steroid dienone is 1. The number of hydrogen-bond donors (Lipinski definition) is 1. The number of rotatable bonds is 11. The fraction of sp³-hybridized carbons (Fsp3) is 0.346. The summed E-state index contributed by atoms with van der Waals surface area (Å²) in [4.78, 5) is 16.4. The van der Waals surface area contributed by atoms with Gasteiger partial charge in [-0.1, -0.05) is 50.6 Å². The van der Waals surface area contributed by atoms with Crippen LogP contribution in [0.4, 0.5) is 8.78 Å². The fourth-order valence-electron chi connectivity index (χ4n) is 4.12. The third-order valence-corrected chi connectivity index (χ3v) is 6.38. The summed E-state index contributed by atoms with van der Waals surface area (Å²) in [6.07, 6.45) is 8.71. The van der Waals surface area contributed by atoms with E-state index in [1.165, 1.54) is 32.8 Å². The highest BCUT2D eigenvalue weighted by atomic mass is 19.1. The van der Waals surface area contributed by atoms with Crippen LogP contribution in [-0.2, 0) is 18.7 Å². The Morgan fingerprint density at radius 1 is 1.14 bits per heavy atom.